The second kappa shape index (κ2) is 8.00. The predicted molar refractivity (Wildman–Crippen MR) is 83.1 cm³/mol. The van der Waals surface area contributed by atoms with Crippen LogP contribution in [0.4, 0.5) is 0 Å². The van der Waals surface area contributed by atoms with Gasteiger partial charge in [-0.2, -0.15) is 0 Å². The van der Waals surface area contributed by atoms with Crippen LogP contribution in [-0.4, -0.2) is 55.0 Å². The second-order valence-corrected chi connectivity index (χ2v) is 5.40. The molecule has 1 amide bonds. The minimum absolute atomic E-state index is 0.178. The Bertz CT molecular complexity index is 457. The highest BCUT2D eigenvalue weighted by Crippen LogP contribution is 2.13. The molecule has 1 aromatic rings. The van der Waals surface area contributed by atoms with Crippen molar-refractivity contribution >= 4 is 5.91 Å². The van der Waals surface area contributed by atoms with Gasteiger partial charge in [0.15, 0.2) is 0 Å². The van der Waals surface area contributed by atoms with Gasteiger partial charge in [-0.3, -0.25) is 9.69 Å². The number of benzene rings is 1. The van der Waals surface area contributed by atoms with E-state index in [0.29, 0.717) is 13.2 Å². The topological polar surface area (TPSA) is 58.8 Å². The van der Waals surface area contributed by atoms with Crippen molar-refractivity contribution in [2.75, 3.05) is 39.3 Å². The quantitative estimate of drug-likeness (QED) is 0.797. The summed E-state index contributed by atoms with van der Waals surface area (Å²) in [6.45, 7) is 7.51. The summed E-state index contributed by atoms with van der Waals surface area (Å²) < 4.78 is 5.75. The van der Waals surface area contributed by atoms with Gasteiger partial charge < -0.3 is 15.4 Å². The number of rotatable bonds is 6. The van der Waals surface area contributed by atoms with Crippen LogP contribution in [0.3, 0.4) is 0 Å². The first-order valence-corrected chi connectivity index (χ1v) is 7.58. The fraction of sp³-hybridized carbons (Fsp3) is 0.562. The Morgan fingerprint density at radius 2 is 2.05 bits per heavy atom. The van der Waals surface area contributed by atoms with Crippen molar-refractivity contribution in [3.05, 3.63) is 29.8 Å². The minimum atomic E-state index is 0.178. The zero-order valence-electron chi connectivity index (χ0n) is 12.8. The molecular weight excluding hydrogens is 266 g/mol. The molecule has 0 unspecified atom stereocenters. The molecule has 2 N–H and O–H groups in total. The van der Waals surface area contributed by atoms with Crippen LogP contribution in [0.1, 0.15) is 18.9 Å². The molecule has 21 heavy (non-hydrogen) atoms. The summed E-state index contributed by atoms with van der Waals surface area (Å²) in [4.78, 5) is 15.5. The Kier molecular flexibility index (Phi) is 6.02. The number of hydrogen-bond donors (Lipinski definition) is 1. The van der Waals surface area contributed by atoms with Crippen molar-refractivity contribution in [3.63, 3.8) is 0 Å². The molecular formula is C16H25N3O2. The Balaban J connectivity index is 1.63. The number of carbonyl (C=O) groups excluding carboxylic acids is 1. The molecule has 2 rings (SSSR count). The molecule has 1 aliphatic rings. The zero-order valence-corrected chi connectivity index (χ0v) is 12.8. The smallest absolute Gasteiger partial charge is 0.219 e. The molecule has 1 heterocycles. The molecule has 0 bridgehead atoms. The lowest BCUT2D eigenvalue weighted by Crippen LogP contribution is -2.48. The van der Waals surface area contributed by atoms with E-state index in [0.717, 1.165) is 50.5 Å². The van der Waals surface area contributed by atoms with Crippen molar-refractivity contribution in [3.8, 4) is 5.75 Å². The average Bonchev–Trinajstić information content (AvgIpc) is 2.52. The highest BCUT2D eigenvalue weighted by Gasteiger charge is 2.17. The maximum atomic E-state index is 11.3. The van der Waals surface area contributed by atoms with E-state index in [4.69, 9.17) is 10.5 Å². The molecule has 0 aliphatic carbocycles. The van der Waals surface area contributed by atoms with Crippen molar-refractivity contribution < 1.29 is 9.53 Å². The average molecular weight is 291 g/mol. The molecule has 1 aromatic carbocycles. The SMILES string of the molecule is CC(=O)N1CCN(CCCOc2cccc(CN)c2)CC1. The summed E-state index contributed by atoms with van der Waals surface area (Å²) in [6, 6.07) is 7.93. The molecule has 5 nitrogen and oxygen atoms in total. The standard InChI is InChI=1S/C16H25N3O2/c1-14(20)19-9-7-18(8-10-19)6-3-11-21-16-5-2-4-15(12-16)13-17/h2,4-5,12H,3,6-11,13,17H2,1H3. The third-order valence-electron chi connectivity index (χ3n) is 3.84. The van der Waals surface area contributed by atoms with Crippen LogP contribution < -0.4 is 10.5 Å². The van der Waals surface area contributed by atoms with Gasteiger partial charge in [0.1, 0.15) is 5.75 Å². The zero-order chi connectivity index (χ0) is 15.1. The number of nitrogens with two attached hydrogens (primary N) is 1. The number of ether oxygens (including phenoxy) is 1. The first kappa shape index (κ1) is 15.8. The molecule has 0 spiro atoms. The summed E-state index contributed by atoms with van der Waals surface area (Å²) in [7, 11) is 0. The Hall–Kier alpha value is -1.59. The van der Waals surface area contributed by atoms with E-state index in [1.807, 2.05) is 29.2 Å². The summed E-state index contributed by atoms with van der Waals surface area (Å²) >= 11 is 0. The van der Waals surface area contributed by atoms with Crippen LogP contribution in [0.2, 0.25) is 0 Å². The van der Waals surface area contributed by atoms with E-state index in [2.05, 4.69) is 4.90 Å². The third-order valence-corrected chi connectivity index (χ3v) is 3.84. The van der Waals surface area contributed by atoms with Gasteiger partial charge in [-0.05, 0) is 24.1 Å². The first-order chi connectivity index (χ1) is 10.2. The molecule has 0 radical (unpaired) electrons. The fourth-order valence-corrected chi connectivity index (χ4v) is 2.53. The lowest BCUT2D eigenvalue weighted by atomic mass is 10.2. The summed E-state index contributed by atoms with van der Waals surface area (Å²) in [5.41, 5.74) is 6.70. The van der Waals surface area contributed by atoms with E-state index in [1.54, 1.807) is 6.92 Å². The Morgan fingerprint density at radius 1 is 1.29 bits per heavy atom. The largest absolute Gasteiger partial charge is 0.494 e. The summed E-state index contributed by atoms with van der Waals surface area (Å²) in [5, 5.41) is 0. The van der Waals surface area contributed by atoms with Crippen molar-refractivity contribution in [2.45, 2.75) is 19.9 Å². The minimum Gasteiger partial charge on any atom is -0.494 e. The molecule has 1 aliphatic heterocycles. The van der Waals surface area contributed by atoms with Crippen LogP contribution in [0, 0.1) is 0 Å². The Labute approximate surface area is 126 Å². The number of amides is 1. The van der Waals surface area contributed by atoms with Gasteiger partial charge in [0.25, 0.3) is 0 Å². The molecule has 1 fully saturated rings. The normalized spacial score (nSPS) is 16.0. The van der Waals surface area contributed by atoms with Gasteiger partial charge >= 0.3 is 0 Å². The second-order valence-electron chi connectivity index (χ2n) is 5.40. The number of piperazine rings is 1. The van der Waals surface area contributed by atoms with Crippen LogP contribution in [-0.2, 0) is 11.3 Å². The molecule has 116 valence electrons. The highest BCUT2D eigenvalue weighted by molar-refractivity contribution is 5.73. The van der Waals surface area contributed by atoms with Crippen molar-refractivity contribution in [1.82, 2.24) is 9.80 Å². The fourth-order valence-electron chi connectivity index (χ4n) is 2.53. The maximum Gasteiger partial charge on any atom is 0.219 e. The number of carbonyl (C=O) groups is 1. The van der Waals surface area contributed by atoms with Crippen LogP contribution in [0.5, 0.6) is 5.75 Å². The van der Waals surface area contributed by atoms with E-state index >= 15 is 0 Å². The summed E-state index contributed by atoms with van der Waals surface area (Å²) in [6.07, 6.45) is 0.993. The monoisotopic (exact) mass is 291 g/mol. The van der Waals surface area contributed by atoms with E-state index < -0.39 is 0 Å². The van der Waals surface area contributed by atoms with Gasteiger partial charge in [0.2, 0.25) is 5.91 Å². The van der Waals surface area contributed by atoms with Crippen LogP contribution >= 0.6 is 0 Å². The maximum absolute atomic E-state index is 11.3. The summed E-state index contributed by atoms with van der Waals surface area (Å²) in [5.74, 6) is 1.07. The first-order valence-electron chi connectivity index (χ1n) is 7.58. The lowest BCUT2D eigenvalue weighted by molar-refractivity contribution is -0.130. The van der Waals surface area contributed by atoms with E-state index in [1.165, 1.54) is 0 Å². The van der Waals surface area contributed by atoms with Crippen molar-refractivity contribution in [1.29, 1.82) is 0 Å². The third kappa shape index (κ3) is 5.02. The van der Waals surface area contributed by atoms with Gasteiger partial charge in [0.05, 0.1) is 6.61 Å². The molecule has 0 aromatic heterocycles. The Morgan fingerprint density at radius 3 is 2.71 bits per heavy atom. The molecule has 5 heteroatoms. The molecule has 0 saturated carbocycles. The van der Waals surface area contributed by atoms with E-state index in [-0.39, 0.29) is 5.91 Å². The lowest BCUT2D eigenvalue weighted by Gasteiger charge is -2.34. The molecule has 0 atom stereocenters. The van der Waals surface area contributed by atoms with Crippen LogP contribution in [0.15, 0.2) is 24.3 Å². The predicted octanol–water partition coefficient (Wildman–Crippen LogP) is 1.08. The molecule has 1 saturated heterocycles. The van der Waals surface area contributed by atoms with Gasteiger partial charge in [-0.15, -0.1) is 0 Å². The number of nitrogens with zero attached hydrogens (tertiary/aromatic N) is 2. The van der Waals surface area contributed by atoms with Gasteiger partial charge in [-0.1, -0.05) is 12.1 Å². The van der Waals surface area contributed by atoms with E-state index in [9.17, 15) is 4.79 Å². The van der Waals surface area contributed by atoms with Gasteiger partial charge in [-0.25, -0.2) is 0 Å². The number of hydrogen-bond acceptors (Lipinski definition) is 4. The van der Waals surface area contributed by atoms with Gasteiger partial charge in [0, 0.05) is 46.2 Å². The highest BCUT2D eigenvalue weighted by atomic mass is 16.5. The van der Waals surface area contributed by atoms with Crippen molar-refractivity contribution in [2.24, 2.45) is 5.73 Å². The van der Waals surface area contributed by atoms with Crippen LogP contribution in [0.25, 0.3) is 0 Å².